The predicted molar refractivity (Wildman–Crippen MR) is 77.6 cm³/mol. The highest BCUT2D eigenvalue weighted by molar-refractivity contribution is 7.99. The highest BCUT2D eigenvalue weighted by atomic mass is 35.5. The Labute approximate surface area is 117 Å². The molecule has 1 nitrogen and oxygen atoms in total. The molecule has 4 heteroatoms. The van der Waals surface area contributed by atoms with Crippen LogP contribution in [0.4, 0.5) is 0 Å². The fourth-order valence-corrected chi connectivity index (χ4v) is 4.03. The summed E-state index contributed by atoms with van der Waals surface area (Å²) in [5.41, 5.74) is 2.68. The van der Waals surface area contributed by atoms with Crippen molar-refractivity contribution in [3.8, 4) is 0 Å². The quantitative estimate of drug-likeness (QED) is 0.846. The van der Waals surface area contributed by atoms with Gasteiger partial charge in [-0.1, -0.05) is 12.1 Å². The van der Waals surface area contributed by atoms with Gasteiger partial charge in [0.15, 0.2) is 0 Å². The molecule has 0 saturated heterocycles. The number of hydrogen-bond donors (Lipinski definition) is 1. The SMILES string of the molecule is CNC(C)C(c1ccc2c(c1)CCS2)C(Cl)Cl. The van der Waals surface area contributed by atoms with E-state index in [-0.39, 0.29) is 16.8 Å². The van der Waals surface area contributed by atoms with Crippen molar-refractivity contribution in [2.45, 2.75) is 35.0 Å². The molecule has 0 spiro atoms. The molecule has 0 saturated carbocycles. The Bertz CT molecular complexity index is 395. The third-order valence-electron chi connectivity index (χ3n) is 3.36. The van der Waals surface area contributed by atoms with Crippen molar-refractivity contribution in [1.82, 2.24) is 5.32 Å². The molecular formula is C13H17Cl2NS. The number of fused-ring (bicyclic) bond motifs is 1. The average Bonchev–Trinajstić information content (AvgIpc) is 2.75. The zero-order valence-corrected chi connectivity index (χ0v) is 12.4. The van der Waals surface area contributed by atoms with E-state index in [2.05, 4.69) is 30.4 Å². The first-order chi connectivity index (χ1) is 8.13. The van der Waals surface area contributed by atoms with Crippen molar-refractivity contribution in [2.24, 2.45) is 0 Å². The van der Waals surface area contributed by atoms with Crippen molar-refractivity contribution in [3.05, 3.63) is 29.3 Å². The van der Waals surface area contributed by atoms with Crippen LogP contribution in [0.15, 0.2) is 23.1 Å². The van der Waals surface area contributed by atoms with Crippen LogP contribution >= 0.6 is 35.0 Å². The molecule has 0 aliphatic carbocycles. The van der Waals surface area contributed by atoms with E-state index < -0.39 is 0 Å². The van der Waals surface area contributed by atoms with Crippen LogP contribution in [0.1, 0.15) is 24.0 Å². The van der Waals surface area contributed by atoms with Gasteiger partial charge >= 0.3 is 0 Å². The van der Waals surface area contributed by atoms with Crippen LogP contribution in [0, 0.1) is 0 Å². The predicted octanol–water partition coefficient (Wildman–Crippen LogP) is 3.83. The highest BCUT2D eigenvalue weighted by Gasteiger charge is 2.26. The van der Waals surface area contributed by atoms with E-state index in [9.17, 15) is 0 Å². The van der Waals surface area contributed by atoms with Crippen LogP contribution in [-0.4, -0.2) is 23.7 Å². The lowest BCUT2D eigenvalue weighted by molar-refractivity contribution is 0.514. The van der Waals surface area contributed by atoms with Crippen LogP contribution in [0.5, 0.6) is 0 Å². The number of rotatable bonds is 4. The number of hydrogen-bond acceptors (Lipinski definition) is 2. The Morgan fingerprint density at radius 1 is 1.35 bits per heavy atom. The molecule has 1 heterocycles. The van der Waals surface area contributed by atoms with E-state index in [1.807, 2.05) is 18.8 Å². The van der Waals surface area contributed by atoms with Gasteiger partial charge in [-0.15, -0.1) is 35.0 Å². The summed E-state index contributed by atoms with van der Waals surface area (Å²) in [4.78, 5) is 1.02. The molecule has 0 fully saturated rings. The molecule has 1 aliphatic heterocycles. The smallest absolute Gasteiger partial charge is 0.116 e. The lowest BCUT2D eigenvalue weighted by Gasteiger charge is -2.25. The van der Waals surface area contributed by atoms with Crippen molar-refractivity contribution >= 4 is 35.0 Å². The van der Waals surface area contributed by atoms with E-state index >= 15 is 0 Å². The van der Waals surface area contributed by atoms with Gasteiger partial charge in [0, 0.05) is 22.6 Å². The zero-order valence-electron chi connectivity index (χ0n) is 10.0. The van der Waals surface area contributed by atoms with Gasteiger partial charge in [-0.25, -0.2) is 0 Å². The maximum absolute atomic E-state index is 6.12. The maximum atomic E-state index is 6.12. The topological polar surface area (TPSA) is 12.0 Å². The molecule has 2 unspecified atom stereocenters. The van der Waals surface area contributed by atoms with Crippen molar-refractivity contribution in [3.63, 3.8) is 0 Å². The van der Waals surface area contributed by atoms with Gasteiger partial charge < -0.3 is 5.32 Å². The van der Waals surface area contributed by atoms with Gasteiger partial charge in [0.05, 0.1) is 0 Å². The third kappa shape index (κ3) is 2.93. The molecule has 2 rings (SSSR count). The summed E-state index contributed by atoms with van der Waals surface area (Å²) < 4.78 is 0. The minimum absolute atomic E-state index is 0.138. The molecule has 0 amide bonds. The summed E-state index contributed by atoms with van der Waals surface area (Å²) in [6.45, 7) is 2.12. The molecule has 0 radical (unpaired) electrons. The summed E-state index contributed by atoms with van der Waals surface area (Å²) in [5.74, 6) is 1.33. The summed E-state index contributed by atoms with van der Waals surface area (Å²) in [6, 6.07) is 6.90. The molecule has 1 aromatic carbocycles. The van der Waals surface area contributed by atoms with Crippen LogP contribution in [-0.2, 0) is 6.42 Å². The van der Waals surface area contributed by atoms with Crippen LogP contribution < -0.4 is 5.32 Å². The Kier molecular flexibility index (Phi) is 4.65. The highest BCUT2D eigenvalue weighted by Crippen LogP contribution is 2.36. The number of thioether (sulfide) groups is 1. The van der Waals surface area contributed by atoms with Gasteiger partial charge in [-0.2, -0.15) is 0 Å². The summed E-state index contributed by atoms with van der Waals surface area (Å²) in [7, 11) is 1.94. The molecule has 1 aromatic rings. The maximum Gasteiger partial charge on any atom is 0.116 e. The lowest BCUT2D eigenvalue weighted by atomic mass is 9.92. The normalized spacial score (nSPS) is 18.2. The molecule has 94 valence electrons. The summed E-state index contributed by atoms with van der Waals surface area (Å²) in [5, 5.41) is 3.24. The second-order valence-corrected chi connectivity index (χ2v) is 6.70. The summed E-state index contributed by atoms with van der Waals surface area (Å²) >= 11 is 14.2. The van der Waals surface area contributed by atoms with Crippen LogP contribution in [0.25, 0.3) is 0 Å². The Morgan fingerprint density at radius 2 is 2.12 bits per heavy atom. The Balaban J connectivity index is 2.30. The second kappa shape index (κ2) is 5.83. The Hall–Kier alpha value is 0.110. The van der Waals surface area contributed by atoms with Gasteiger partial charge in [-0.05, 0) is 37.6 Å². The van der Waals surface area contributed by atoms with Crippen molar-refractivity contribution < 1.29 is 0 Å². The van der Waals surface area contributed by atoms with Crippen molar-refractivity contribution in [2.75, 3.05) is 12.8 Å². The molecule has 1 aliphatic rings. The van der Waals surface area contributed by atoms with Crippen molar-refractivity contribution in [1.29, 1.82) is 0 Å². The van der Waals surface area contributed by atoms with Gasteiger partial charge in [0.25, 0.3) is 0 Å². The molecule has 0 bridgehead atoms. The standard InChI is InChI=1S/C13H17Cl2NS/c1-8(16-2)12(13(14)15)10-3-4-11-9(7-10)5-6-17-11/h3-4,7-8,12-13,16H,5-6H2,1-2H3. The molecule has 17 heavy (non-hydrogen) atoms. The van der Waals surface area contributed by atoms with Crippen LogP contribution in [0.2, 0.25) is 0 Å². The number of nitrogens with one attached hydrogen (secondary N) is 1. The van der Waals surface area contributed by atoms with E-state index in [1.165, 1.54) is 21.8 Å². The number of benzene rings is 1. The monoisotopic (exact) mass is 289 g/mol. The minimum atomic E-state index is -0.385. The number of halogens is 2. The minimum Gasteiger partial charge on any atom is -0.317 e. The van der Waals surface area contributed by atoms with Crippen LogP contribution in [0.3, 0.4) is 0 Å². The first-order valence-corrected chi connectivity index (χ1v) is 7.70. The fourth-order valence-electron chi connectivity index (χ4n) is 2.25. The molecule has 1 N–H and O–H groups in total. The van der Waals surface area contributed by atoms with Gasteiger partial charge in [0.1, 0.15) is 4.84 Å². The molecule has 0 aromatic heterocycles. The second-order valence-electron chi connectivity index (χ2n) is 4.40. The van der Waals surface area contributed by atoms with E-state index in [1.54, 1.807) is 0 Å². The number of aryl methyl sites for hydroxylation is 1. The van der Waals surface area contributed by atoms with E-state index in [0.29, 0.717) is 0 Å². The first kappa shape index (κ1) is 13.5. The number of likely N-dealkylation sites (N-methyl/N-ethyl adjacent to an activating group) is 1. The van der Waals surface area contributed by atoms with Gasteiger partial charge in [0.2, 0.25) is 0 Å². The van der Waals surface area contributed by atoms with E-state index in [4.69, 9.17) is 23.2 Å². The third-order valence-corrected chi connectivity index (χ3v) is 5.02. The van der Waals surface area contributed by atoms with E-state index in [0.717, 1.165) is 6.42 Å². The molecular weight excluding hydrogens is 273 g/mol. The zero-order chi connectivity index (χ0) is 12.4. The Morgan fingerprint density at radius 3 is 2.76 bits per heavy atom. The largest absolute Gasteiger partial charge is 0.317 e. The fraction of sp³-hybridized carbons (Fsp3) is 0.538. The average molecular weight is 290 g/mol. The molecule has 2 atom stereocenters. The number of alkyl halides is 2. The van der Waals surface area contributed by atoms with Gasteiger partial charge in [-0.3, -0.25) is 0 Å². The lowest BCUT2D eigenvalue weighted by Crippen LogP contribution is -2.32. The summed E-state index contributed by atoms with van der Waals surface area (Å²) in [6.07, 6.45) is 1.16. The first-order valence-electron chi connectivity index (χ1n) is 5.84.